The summed E-state index contributed by atoms with van der Waals surface area (Å²) in [5.41, 5.74) is 3.44. The van der Waals surface area contributed by atoms with Crippen molar-refractivity contribution in [2.75, 3.05) is 39.9 Å². The van der Waals surface area contributed by atoms with Crippen molar-refractivity contribution in [2.45, 2.75) is 62.9 Å². The van der Waals surface area contributed by atoms with Crippen LogP contribution in [0.3, 0.4) is 0 Å². The van der Waals surface area contributed by atoms with Crippen molar-refractivity contribution < 1.29 is 24.5 Å². The zero-order valence-corrected chi connectivity index (χ0v) is 24.8. The molecule has 2 aromatic carbocycles. The Bertz CT molecular complexity index is 1420. The largest absolute Gasteiger partial charge is 0.465 e. The molecular formula is C33H41N5O5. The molecule has 3 aromatic rings. The molecule has 3 aliphatic rings. The van der Waals surface area contributed by atoms with Crippen LogP contribution in [0, 0.1) is 0 Å². The number of piperazine rings is 1. The maximum absolute atomic E-state index is 14.4. The molecule has 2 aliphatic heterocycles. The molecule has 0 bridgehead atoms. The van der Waals surface area contributed by atoms with E-state index in [0.29, 0.717) is 30.8 Å². The fourth-order valence-electron chi connectivity index (χ4n) is 7.23. The fraction of sp³-hybridized carbons (Fsp3) is 0.485. The van der Waals surface area contributed by atoms with E-state index in [1.165, 1.54) is 16.0 Å². The number of benzene rings is 2. The zero-order valence-electron chi connectivity index (χ0n) is 24.8. The van der Waals surface area contributed by atoms with Crippen LogP contribution in [0.1, 0.15) is 59.8 Å². The molecule has 3 atom stereocenters. The number of aliphatic hydroxyl groups is 1. The van der Waals surface area contributed by atoms with Crippen LogP contribution in [0.15, 0.2) is 60.9 Å². The average molecular weight is 588 g/mol. The molecule has 10 heteroatoms. The van der Waals surface area contributed by atoms with Gasteiger partial charge in [0.1, 0.15) is 5.60 Å². The number of hydrogen-bond donors (Lipinski definition) is 2. The number of carbonyl (C=O) groups is 2. The van der Waals surface area contributed by atoms with Gasteiger partial charge in [0.15, 0.2) is 5.69 Å². The first kappa shape index (κ1) is 29.3. The molecule has 228 valence electrons. The number of rotatable bonds is 8. The van der Waals surface area contributed by atoms with Gasteiger partial charge < -0.3 is 29.3 Å². The second-order valence-corrected chi connectivity index (χ2v) is 12.2. The summed E-state index contributed by atoms with van der Waals surface area (Å²) < 4.78 is 7.43. The highest BCUT2D eigenvalue weighted by Gasteiger charge is 2.43. The van der Waals surface area contributed by atoms with Gasteiger partial charge >= 0.3 is 6.09 Å². The van der Waals surface area contributed by atoms with Gasteiger partial charge in [0.25, 0.3) is 5.91 Å². The molecule has 6 rings (SSSR count). The topological polar surface area (TPSA) is 111 Å². The third-order valence-corrected chi connectivity index (χ3v) is 9.43. The Morgan fingerprint density at radius 3 is 2.44 bits per heavy atom. The highest BCUT2D eigenvalue weighted by atomic mass is 16.5. The molecular weight excluding hydrogens is 546 g/mol. The van der Waals surface area contributed by atoms with Gasteiger partial charge in [0, 0.05) is 51.9 Å². The van der Waals surface area contributed by atoms with Crippen LogP contribution in [0.5, 0.6) is 0 Å². The van der Waals surface area contributed by atoms with E-state index in [4.69, 9.17) is 9.72 Å². The summed E-state index contributed by atoms with van der Waals surface area (Å²) >= 11 is 0. The van der Waals surface area contributed by atoms with E-state index in [1.807, 2.05) is 39.8 Å². The van der Waals surface area contributed by atoms with E-state index in [2.05, 4.69) is 29.2 Å². The van der Waals surface area contributed by atoms with Gasteiger partial charge in [0.05, 0.1) is 30.7 Å². The summed E-state index contributed by atoms with van der Waals surface area (Å²) in [6.07, 6.45) is 4.62. The number of amides is 2. The van der Waals surface area contributed by atoms with Gasteiger partial charge in [-0.05, 0) is 30.4 Å². The number of ether oxygens (including phenoxy) is 1. The predicted molar refractivity (Wildman–Crippen MR) is 162 cm³/mol. The first-order valence-electron chi connectivity index (χ1n) is 15.3. The van der Waals surface area contributed by atoms with Crippen LogP contribution in [-0.4, -0.2) is 98.0 Å². The zero-order chi connectivity index (χ0) is 30.0. The van der Waals surface area contributed by atoms with E-state index in [0.717, 1.165) is 44.5 Å². The molecule has 0 spiro atoms. The van der Waals surface area contributed by atoms with Crippen LogP contribution in [0.25, 0.3) is 11.3 Å². The minimum Gasteiger partial charge on any atom is -0.465 e. The van der Waals surface area contributed by atoms with E-state index in [9.17, 15) is 19.8 Å². The number of hydrogen-bond acceptors (Lipinski definition) is 6. The van der Waals surface area contributed by atoms with E-state index in [1.54, 1.807) is 13.4 Å². The first-order chi connectivity index (χ1) is 20.9. The Morgan fingerprint density at radius 2 is 1.74 bits per heavy atom. The molecule has 2 N–H and O–H groups in total. The van der Waals surface area contributed by atoms with Crippen LogP contribution in [0.4, 0.5) is 4.79 Å². The lowest BCUT2D eigenvalue weighted by molar-refractivity contribution is -0.0893. The molecule has 0 unspecified atom stereocenters. The lowest BCUT2D eigenvalue weighted by Crippen LogP contribution is -2.57. The summed E-state index contributed by atoms with van der Waals surface area (Å²) in [6.45, 7) is 3.48. The van der Waals surface area contributed by atoms with Gasteiger partial charge in [-0.2, -0.15) is 0 Å². The molecule has 2 fully saturated rings. The molecule has 0 radical (unpaired) electrons. The highest BCUT2D eigenvalue weighted by molar-refractivity contribution is 5.98. The summed E-state index contributed by atoms with van der Waals surface area (Å²) in [6, 6.07) is 17.6. The van der Waals surface area contributed by atoms with E-state index >= 15 is 0 Å². The van der Waals surface area contributed by atoms with Gasteiger partial charge in [-0.3, -0.25) is 9.69 Å². The number of methoxy groups -OCH3 is 1. The van der Waals surface area contributed by atoms with Crippen LogP contribution >= 0.6 is 0 Å². The first-order valence-corrected chi connectivity index (χ1v) is 15.3. The van der Waals surface area contributed by atoms with Crippen molar-refractivity contribution in [3.8, 4) is 11.3 Å². The minimum atomic E-state index is -1.07. The Labute approximate surface area is 252 Å². The maximum atomic E-state index is 14.4. The van der Waals surface area contributed by atoms with Crippen LogP contribution in [0.2, 0.25) is 0 Å². The Hall–Kier alpha value is -3.73. The molecule has 1 aliphatic carbocycles. The van der Waals surface area contributed by atoms with Gasteiger partial charge in [-0.25, -0.2) is 9.78 Å². The summed E-state index contributed by atoms with van der Waals surface area (Å²) in [4.78, 5) is 36.7. The SMILES string of the molecule is COC[C@]1(O)CCCC[C@H]1n1cnc(C(=O)N2CCN(C(=O)O)C[C@H]2CCN2Cc3ccccc3C2)c1-c1ccccc1. The normalized spacial score (nSPS) is 24.2. The summed E-state index contributed by atoms with van der Waals surface area (Å²) in [5.74, 6) is -0.205. The maximum Gasteiger partial charge on any atom is 0.407 e. The number of fused-ring (bicyclic) bond motifs is 1. The third-order valence-electron chi connectivity index (χ3n) is 9.43. The standard InChI is InChI=1S/C33H41N5O5/c1-43-22-33(42)15-8-7-13-28(33)38-23-34-29(30(38)24-9-3-2-4-10-24)31(39)37-18-17-36(32(40)41)21-27(37)14-16-35-19-25-11-5-6-12-26(25)20-35/h2-6,9-12,23,27-28,42H,7-8,13-22H2,1H3,(H,40,41)/t27-,28-,33-/m1/s1. The Balaban J connectivity index is 1.30. The Morgan fingerprint density at radius 1 is 1.02 bits per heavy atom. The Kier molecular flexibility index (Phi) is 8.52. The van der Waals surface area contributed by atoms with Gasteiger partial charge in [-0.1, -0.05) is 67.4 Å². The number of carboxylic acid groups (broad SMARTS) is 1. The van der Waals surface area contributed by atoms with E-state index in [-0.39, 0.29) is 37.7 Å². The quantitative estimate of drug-likeness (QED) is 0.405. The molecule has 1 aromatic heterocycles. The molecule has 1 saturated carbocycles. The molecule has 2 amide bonds. The van der Waals surface area contributed by atoms with Gasteiger partial charge in [0.2, 0.25) is 0 Å². The van der Waals surface area contributed by atoms with Crippen LogP contribution < -0.4 is 0 Å². The third kappa shape index (κ3) is 5.91. The summed E-state index contributed by atoms with van der Waals surface area (Å²) in [7, 11) is 1.60. The summed E-state index contributed by atoms with van der Waals surface area (Å²) in [5, 5.41) is 21.5. The van der Waals surface area contributed by atoms with Crippen molar-refractivity contribution in [2.24, 2.45) is 0 Å². The van der Waals surface area contributed by atoms with E-state index < -0.39 is 11.7 Å². The van der Waals surface area contributed by atoms with Crippen LogP contribution in [-0.2, 0) is 17.8 Å². The number of imidazole rings is 1. The molecule has 3 heterocycles. The predicted octanol–water partition coefficient (Wildman–Crippen LogP) is 4.25. The average Bonchev–Trinajstić information content (AvgIpc) is 3.64. The fourth-order valence-corrected chi connectivity index (χ4v) is 7.23. The lowest BCUT2D eigenvalue weighted by Gasteiger charge is -2.41. The van der Waals surface area contributed by atoms with Crippen molar-refractivity contribution in [3.63, 3.8) is 0 Å². The van der Waals surface area contributed by atoms with Crippen molar-refractivity contribution in [1.82, 2.24) is 24.3 Å². The van der Waals surface area contributed by atoms with Crippen molar-refractivity contribution in [3.05, 3.63) is 77.7 Å². The van der Waals surface area contributed by atoms with Crippen molar-refractivity contribution >= 4 is 12.0 Å². The van der Waals surface area contributed by atoms with Gasteiger partial charge in [-0.15, -0.1) is 0 Å². The number of carbonyl (C=O) groups excluding carboxylic acids is 1. The van der Waals surface area contributed by atoms with Crippen molar-refractivity contribution in [1.29, 1.82) is 0 Å². The smallest absolute Gasteiger partial charge is 0.407 e. The number of nitrogens with zero attached hydrogens (tertiary/aromatic N) is 5. The molecule has 1 saturated heterocycles. The molecule has 10 nitrogen and oxygen atoms in total. The minimum absolute atomic E-state index is 0.201. The number of aromatic nitrogens is 2. The lowest BCUT2D eigenvalue weighted by atomic mass is 9.80. The second-order valence-electron chi connectivity index (χ2n) is 12.2. The molecule has 43 heavy (non-hydrogen) atoms. The monoisotopic (exact) mass is 587 g/mol. The second kappa shape index (κ2) is 12.5. The highest BCUT2D eigenvalue weighted by Crippen LogP contribution is 2.41.